The molecule has 0 unspecified atom stereocenters. The standard InChI is InChI=1S/C18H28N4OS/c1-19-17(22-12-9-18(14-22)7-2-3-8-18)21-11-5-10-20-16(23)15-6-4-13-24-15/h4,6,13H,2-3,5,7-12,14H2,1H3,(H,19,21)(H,20,23). The highest BCUT2D eigenvalue weighted by molar-refractivity contribution is 7.12. The lowest BCUT2D eigenvalue weighted by atomic mass is 9.86. The number of rotatable bonds is 5. The molecule has 1 aromatic rings. The fourth-order valence-corrected chi connectivity index (χ4v) is 4.61. The number of likely N-dealkylation sites (tertiary alicyclic amines) is 1. The summed E-state index contributed by atoms with van der Waals surface area (Å²) in [5.74, 6) is 1.04. The van der Waals surface area contributed by atoms with E-state index in [0.29, 0.717) is 12.0 Å². The fourth-order valence-electron chi connectivity index (χ4n) is 3.97. The third kappa shape index (κ3) is 4.09. The average molecular weight is 349 g/mol. The molecule has 1 spiro atoms. The van der Waals surface area contributed by atoms with Crippen molar-refractivity contribution in [1.82, 2.24) is 15.5 Å². The van der Waals surface area contributed by atoms with Crippen molar-refractivity contribution >= 4 is 23.2 Å². The van der Waals surface area contributed by atoms with E-state index < -0.39 is 0 Å². The summed E-state index contributed by atoms with van der Waals surface area (Å²) >= 11 is 1.48. The van der Waals surface area contributed by atoms with Gasteiger partial charge in [-0.2, -0.15) is 0 Å². The van der Waals surface area contributed by atoms with E-state index in [1.807, 2.05) is 24.6 Å². The minimum Gasteiger partial charge on any atom is -0.356 e. The van der Waals surface area contributed by atoms with Gasteiger partial charge in [-0.15, -0.1) is 11.3 Å². The van der Waals surface area contributed by atoms with Crippen LogP contribution < -0.4 is 10.6 Å². The Labute approximate surface area is 148 Å². The Bertz CT molecular complexity index is 564. The summed E-state index contributed by atoms with van der Waals surface area (Å²) in [7, 11) is 1.86. The molecule has 1 aliphatic carbocycles. The zero-order valence-corrected chi connectivity index (χ0v) is 15.3. The van der Waals surface area contributed by atoms with Gasteiger partial charge in [-0.05, 0) is 42.5 Å². The van der Waals surface area contributed by atoms with E-state index in [4.69, 9.17) is 0 Å². The van der Waals surface area contributed by atoms with Crippen LogP contribution in [0.4, 0.5) is 0 Å². The molecule has 2 N–H and O–H groups in total. The molecule has 3 rings (SSSR count). The number of hydrogen-bond donors (Lipinski definition) is 2. The number of nitrogens with one attached hydrogen (secondary N) is 2. The molecular formula is C18H28N4OS. The number of hydrogen-bond acceptors (Lipinski definition) is 3. The Balaban J connectivity index is 1.35. The topological polar surface area (TPSA) is 56.7 Å². The Morgan fingerprint density at radius 2 is 2.08 bits per heavy atom. The van der Waals surface area contributed by atoms with Gasteiger partial charge in [0.15, 0.2) is 5.96 Å². The second-order valence-corrected chi connectivity index (χ2v) is 7.89. The summed E-state index contributed by atoms with van der Waals surface area (Å²) in [5, 5.41) is 8.34. The van der Waals surface area contributed by atoms with Gasteiger partial charge in [-0.1, -0.05) is 18.9 Å². The largest absolute Gasteiger partial charge is 0.356 e. The van der Waals surface area contributed by atoms with Crippen LogP contribution in [0.3, 0.4) is 0 Å². The molecule has 5 nitrogen and oxygen atoms in total. The van der Waals surface area contributed by atoms with Crippen molar-refractivity contribution in [3.8, 4) is 0 Å². The molecule has 0 bridgehead atoms. The van der Waals surface area contributed by atoms with Gasteiger partial charge in [-0.25, -0.2) is 0 Å². The maximum Gasteiger partial charge on any atom is 0.261 e. The lowest BCUT2D eigenvalue weighted by Crippen LogP contribution is -2.42. The minimum atomic E-state index is 0.0251. The predicted octanol–water partition coefficient (Wildman–Crippen LogP) is 2.71. The molecule has 0 aromatic carbocycles. The second kappa shape index (κ2) is 8.01. The molecule has 1 amide bonds. The van der Waals surface area contributed by atoms with Crippen LogP contribution in [0, 0.1) is 5.41 Å². The van der Waals surface area contributed by atoms with Crippen LogP contribution in [0.15, 0.2) is 22.5 Å². The lowest BCUT2D eigenvalue weighted by Gasteiger charge is -2.25. The van der Waals surface area contributed by atoms with Gasteiger partial charge >= 0.3 is 0 Å². The molecule has 1 aliphatic heterocycles. The first-order valence-electron chi connectivity index (χ1n) is 9.00. The van der Waals surface area contributed by atoms with Gasteiger partial charge in [0.05, 0.1) is 4.88 Å². The van der Waals surface area contributed by atoms with Crippen LogP contribution in [0.5, 0.6) is 0 Å². The molecule has 0 radical (unpaired) electrons. The summed E-state index contributed by atoms with van der Waals surface area (Å²) in [6.45, 7) is 3.79. The number of carbonyl (C=O) groups excluding carboxylic acids is 1. The first-order chi connectivity index (χ1) is 11.7. The Kier molecular flexibility index (Phi) is 5.76. The third-order valence-corrected chi connectivity index (χ3v) is 6.15. The molecule has 2 fully saturated rings. The number of thiophene rings is 1. The van der Waals surface area contributed by atoms with Gasteiger partial charge in [0, 0.05) is 33.2 Å². The summed E-state index contributed by atoms with van der Waals surface area (Å²) in [5.41, 5.74) is 0.562. The normalized spacial score (nSPS) is 19.9. The van der Waals surface area contributed by atoms with Crippen molar-refractivity contribution in [3.05, 3.63) is 22.4 Å². The van der Waals surface area contributed by atoms with E-state index in [-0.39, 0.29) is 5.91 Å². The summed E-state index contributed by atoms with van der Waals surface area (Å²) in [4.78, 5) is 19.5. The Hall–Kier alpha value is -1.56. The highest BCUT2D eigenvalue weighted by Crippen LogP contribution is 2.45. The molecule has 1 saturated carbocycles. The van der Waals surface area contributed by atoms with E-state index in [1.54, 1.807) is 0 Å². The van der Waals surface area contributed by atoms with Crippen LogP contribution in [0.25, 0.3) is 0 Å². The van der Waals surface area contributed by atoms with Gasteiger partial charge < -0.3 is 15.5 Å². The third-order valence-electron chi connectivity index (χ3n) is 5.28. The van der Waals surface area contributed by atoms with Crippen molar-refractivity contribution in [2.24, 2.45) is 10.4 Å². The first-order valence-corrected chi connectivity index (χ1v) is 9.88. The molecular weight excluding hydrogens is 320 g/mol. The molecule has 2 aliphatic rings. The summed E-state index contributed by atoms with van der Waals surface area (Å²) in [6.07, 6.45) is 7.76. The number of carbonyl (C=O) groups is 1. The quantitative estimate of drug-likeness (QED) is 0.489. The maximum absolute atomic E-state index is 11.9. The van der Waals surface area contributed by atoms with Crippen LogP contribution in [0.2, 0.25) is 0 Å². The number of nitrogens with zero attached hydrogens (tertiary/aromatic N) is 2. The highest BCUT2D eigenvalue weighted by atomic mass is 32.1. The van der Waals surface area contributed by atoms with Gasteiger partial charge in [-0.3, -0.25) is 9.79 Å². The average Bonchev–Trinajstić information content (AvgIpc) is 3.34. The lowest BCUT2D eigenvalue weighted by molar-refractivity contribution is 0.0957. The molecule has 2 heterocycles. The smallest absolute Gasteiger partial charge is 0.261 e. The molecule has 24 heavy (non-hydrogen) atoms. The molecule has 0 atom stereocenters. The number of guanidine groups is 1. The van der Waals surface area contributed by atoms with E-state index >= 15 is 0 Å². The van der Waals surface area contributed by atoms with E-state index in [9.17, 15) is 4.79 Å². The number of aliphatic imine (C=N–C) groups is 1. The Morgan fingerprint density at radius 3 is 2.79 bits per heavy atom. The monoisotopic (exact) mass is 348 g/mol. The van der Waals surface area contributed by atoms with Crippen LogP contribution in [-0.2, 0) is 0 Å². The van der Waals surface area contributed by atoms with E-state index in [2.05, 4.69) is 20.5 Å². The van der Waals surface area contributed by atoms with Crippen molar-refractivity contribution in [1.29, 1.82) is 0 Å². The van der Waals surface area contributed by atoms with Crippen LogP contribution >= 0.6 is 11.3 Å². The summed E-state index contributed by atoms with van der Waals surface area (Å²) < 4.78 is 0. The Morgan fingerprint density at radius 1 is 1.29 bits per heavy atom. The zero-order valence-electron chi connectivity index (χ0n) is 14.5. The first kappa shape index (κ1) is 17.3. The van der Waals surface area contributed by atoms with E-state index in [1.165, 1.54) is 43.4 Å². The SMILES string of the molecule is CN=C(NCCCNC(=O)c1cccs1)N1CCC2(CCCC2)C1. The predicted molar refractivity (Wildman–Crippen MR) is 99.7 cm³/mol. The van der Waals surface area contributed by atoms with Crippen LogP contribution in [-0.4, -0.2) is 50.0 Å². The highest BCUT2D eigenvalue weighted by Gasteiger charge is 2.40. The van der Waals surface area contributed by atoms with Crippen molar-refractivity contribution in [3.63, 3.8) is 0 Å². The van der Waals surface area contributed by atoms with Gasteiger partial charge in [0.1, 0.15) is 0 Å². The zero-order chi connectivity index (χ0) is 16.8. The fraction of sp³-hybridized carbons (Fsp3) is 0.667. The van der Waals surface area contributed by atoms with Gasteiger partial charge in [0.2, 0.25) is 0 Å². The van der Waals surface area contributed by atoms with Crippen molar-refractivity contribution in [2.45, 2.75) is 38.5 Å². The van der Waals surface area contributed by atoms with Crippen molar-refractivity contribution < 1.29 is 4.79 Å². The minimum absolute atomic E-state index is 0.0251. The van der Waals surface area contributed by atoms with Crippen molar-refractivity contribution in [2.75, 3.05) is 33.2 Å². The maximum atomic E-state index is 11.9. The summed E-state index contributed by atoms with van der Waals surface area (Å²) in [6, 6.07) is 3.75. The molecule has 1 aromatic heterocycles. The molecule has 1 saturated heterocycles. The van der Waals surface area contributed by atoms with E-state index in [0.717, 1.165) is 36.9 Å². The van der Waals surface area contributed by atoms with Crippen LogP contribution in [0.1, 0.15) is 48.2 Å². The second-order valence-electron chi connectivity index (χ2n) is 6.94. The molecule has 132 valence electrons. The van der Waals surface area contributed by atoms with Gasteiger partial charge in [0.25, 0.3) is 5.91 Å². The molecule has 6 heteroatoms. The number of amides is 1.